The Labute approximate surface area is 127 Å². The van der Waals surface area contributed by atoms with Gasteiger partial charge in [0.1, 0.15) is 0 Å². The Kier molecular flexibility index (Phi) is 3.86. The normalized spacial score (nSPS) is 13.2. The van der Waals surface area contributed by atoms with Gasteiger partial charge in [-0.2, -0.15) is 11.3 Å². The molecule has 0 aromatic carbocycles. The van der Waals surface area contributed by atoms with E-state index in [0.717, 1.165) is 6.54 Å². The molecule has 3 heterocycles. The third-order valence-corrected chi connectivity index (χ3v) is 6.71. The molecule has 0 saturated heterocycles. The fraction of sp³-hybridized carbons (Fsp3) is 0.231. The molecular formula is C13H12BrNS3. The zero-order valence-corrected chi connectivity index (χ0v) is 13.8. The Morgan fingerprint density at radius 1 is 1.33 bits per heavy atom. The third kappa shape index (κ3) is 2.30. The summed E-state index contributed by atoms with van der Waals surface area (Å²) in [5.74, 6) is 0. The van der Waals surface area contributed by atoms with Gasteiger partial charge in [0, 0.05) is 24.1 Å². The molecule has 1 nitrogen and oxygen atoms in total. The quantitative estimate of drug-likeness (QED) is 0.651. The maximum absolute atomic E-state index is 3.65. The molecule has 5 heteroatoms. The lowest BCUT2D eigenvalue weighted by atomic mass is 10.1. The summed E-state index contributed by atoms with van der Waals surface area (Å²) < 4.78 is 3.99. The highest BCUT2D eigenvalue weighted by molar-refractivity contribution is 9.10. The van der Waals surface area contributed by atoms with Crippen molar-refractivity contribution in [1.29, 1.82) is 0 Å². The van der Waals surface area contributed by atoms with Crippen LogP contribution in [0, 0.1) is 0 Å². The number of halogens is 1. The molecule has 0 radical (unpaired) electrons. The first kappa shape index (κ1) is 12.8. The van der Waals surface area contributed by atoms with Gasteiger partial charge >= 0.3 is 0 Å². The van der Waals surface area contributed by atoms with Gasteiger partial charge in [-0.3, -0.25) is 0 Å². The largest absolute Gasteiger partial charge is 0.306 e. The lowest BCUT2D eigenvalue weighted by Crippen LogP contribution is -2.20. The van der Waals surface area contributed by atoms with E-state index in [9.17, 15) is 0 Å². The van der Waals surface area contributed by atoms with Gasteiger partial charge < -0.3 is 5.32 Å². The summed E-state index contributed by atoms with van der Waals surface area (Å²) in [6.07, 6.45) is 0. The van der Waals surface area contributed by atoms with Crippen molar-refractivity contribution in [3.05, 3.63) is 43.2 Å². The predicted octanol–water partition coefficient (Wildman–Crippen LogP) is 5.49. The van der Waals surface area contributed by atoms with E-state index in [-0.39, 0.29) is 0 Å². The summed E-state index contributed by atoms with van der Waals surface area (Å²) >= 11 is 9.10. The predicted molar refractivity (Wildman–Crippen MR) is 87.2 cm³/mol. The Bertz CT molecular complexity index is 623. The van der Waals surface area contributed by atoms with Gasteiger partial charge in [0.2, 0.25) is 0 Å². The molecular weight excluding hydrogens is 346 g/mol. The van der Waals surface area contributed by atoms with Crippen LogP contribution in [0.15, 0.2) is 32.7 Å². The van der Waals surface area contributed by atoms with Gasteiger partial charge in [-0.15, -0.1) is 22.7 Å². The average Bonchev–Trinajstić information content (AvgIpc) is 3.00. The number of fused-ring (bicyclic) bond motifs is 1. The van der Waals surface area contributed by atoms with E-state index < -0.39 is 0 Å². The van der Waals surface area contributed by atoms with E-state index in [4.69, 9.17) is 0 Å². The molecule has 0 spiro atoms. The smallest absolute Gasteiger partial charge is 0.0690 e. The van der Waals surface area contributed by atoms with Crippen molar-refractivity contribution in [3.8, 4) is 0 Å². The van der Waals surface area contributed by atoms with E-state index in [1.165, 1.54) is 24.3 Å². The van der Waals surface area contributed by atoms with Crippen LogP contribution in [-0.4, -0.2) is 6.54 Å². The molecule has 0 aliphatic rings. The summed E-state index contributed by atoms with van der Waals surface area (Å²) in [4.78, 5) is 1.40. The molecule has 0 saturated carbocycles. The fourth-order valence-electron chi connectivity index (χ4n) is 1.99. The fourth-order valence-corrected chi connectivity index (χ4v) is 5.76. The van der Waals surface area contributed by atoms with Gasteiger partial charge in [-0.1, -0.05) is 6.92 Å². The van der Waals surface area contributed by atoms with Crippen molar-refractivity contribution in [2.45, 2.75) is 13.0 Å². The summed E-state index contributed by atoms with van der Waals surface area (Å²) in [5.41, 5.74) is 1.34. The van der Waals surface area contributed by atoms with Crippen molar-refractivity contribution in [3.63, 3.8) is 0 Å². The van der Waals surface area contributed by atoms with E-state index in [2.05, 4.69) is 56.4 Å². The Hall–Kier alpha value is -0.200. The van der Waals surface area contributed by atoms with E-state index >= 15 is 0 Å². The lowest BCUT2D eigenvalue weighted by molar-refractivity contribution is 0.640. The van der Waals surface area contributed by atoms with Crippen LogP contribution in [0.5, 0.6) is 0 Å². The highest BCUT2D eigenvalue weighted by Gasteiger charge is 2.19. The van der Waals surface area contributed by atoms with E-state index in [1.807, 2.05) is 22.7 Å². The van der Waals surface area contributed by atoms with Crippen LogP contribution in [0.25, 0.3) is 9.40 Å². The minimum absolute atomic E-state index is 0.306. The van der Waals surface area contributed by atoms with Crippen LogP contribution in [0.2, 0.25) is 0 Å². The van der Waals surface area contributed by atoms with Crippen LogP contribution in [0.4, 0.5) is 0 Å². The van der Waals surface area contributed by atoms with Crippen molar-refractivity contribution in [2.75, 3.05) is 6.54 Å². The second kappa shape index (κ2) is 5.43. The second-order valence-corrected chi connectivity index (χ2v) is 7.62. The maximum atomic E-state index is 3.65. The van der Waals surface area contributed by atoms with Crippen LogP contribution < -0.4 is 5.32 Å². The number of nitrogens with one attached hydrogen (secondary N) is 1. The molecule has 3 aromatic rings. The number of thiophene rings is 3. The summed E-state index contributed by atoms with van der Waals surface area (Å²) in [7, 11) is 0. The second-order valence-electron chi connectivity index (χ2n) is 3.96. The Morgan fingerprint density at radius 2 is 2.22 bits per heavy atom. The summed E-state index contributed by atoms with van der Waals surface area (Å²) in [5, 5.41) is 10.1. The van der Waals surface area contributed by atoms with Crippen molar-refractivity contribution < 1.29 is 0 Å². The van der Waals surface area contributed by atoms with Crippen LogP contribution >= 0.6 is 49.9 Å². The molecule has 18 heavy (non-hydrogen) atoms. The third-order valence-electron chi connectivity index (χ3n) is 2.80. The highest BCUT2D eigenvalue weighted by Crippen LogP contribution is 2.38. The number of hydrogen-bond acceptors (Lipinski definition) is 4. The Balaban J connectivity index is 2.04. The van der Waals surface area contributed by atoms with E-state index in [1.54, 1.807) is 11.3 Å². The van der Waals surface area contributed by atoms with Crippen molar-refractivity contribution in [2.24, 2.45) is 0 Å². The molecule has 3 aromatic heterocycles. The molecule has 1 unspecified atom stereocenters. The maximum Gasteiger partial charge on any atom is 0.0690 e. The lowest BCUT2D eigenvalue weighted by Gasteiger charge is -2.15. The zero-order valence-electron chi connectivity index (χ0n) is 9.77. The number of hydrogen-bond donors (Lipinski definition) is 1. The number of rotatable bonds is 4. The first-order valence-corrected chi connectivity index (χ1v) is 9.14. The monoisotopic (exact) mass is 357 g/mol. The minimum Gasteiger partial charge on any atom is -0.306 e. The van der Waals surface area contributed by atoms with Crippen molar-refractivity contribution >= 4 is 59.3 Å². The first-order chi connectivity index (χ1) is 8.79. The minimum atomic E-state index is 0.306. The van der Waals surface area contributed by atoms with Gasteiger partial charge in [0.15, 0.2) is 0 Å². The molecule has 0 amide bonds. The SMILES string of the molecule is CCNC(c1cc2sccc2s1)c1cscc1Br. The van der Waals surface area contributed by atoms with Crippen LogP contribution in [-0.2, 0) is 0 Å². The first-order valence-electron chi connectivity index (χ1n) is 5.71. The summed E-state index contributed by atoms with van der Waals surface area (Å²) in [6, 6.07) is 4.84. The molecule has 1 atom stereocenters. The summed E-state index contributed by atoms with van der Waals surface area (Å²) in [6.45, 7) is 3.13. The van der Waals surface area contributed by atoms with Crippen LogP contribution in [0.1, 0.15) is 23.4 Å². The molecule has 94 valence electrons. The molecule has 0 bridgehead atoms. The van der Waals surface area contributed by atoms with Gasteiger partial charge in [-0.25, -0.2) is 0 Å². The molecule has 3 rings (SSSR count). The van der Waals surface area contributed by atoms with Gasteiger partial charge in [-0.05, 0) is 50.9 Å². The highest BCUT2D eigenvalue weighted by atomic mass is 79.9. The van der Waals surface area contributed by atoms with Crippen molar-refractivity contribution in [1.82, 2.24) is 5.32 Å². The van der Waals surface area contributed by atoms with E-state index in [0.29, 0.717) is 6.04 Å². The topological polar surface area (TPSA) is 12.0 Å². The van der Waals surface area contributed by atoms with Gasteiger partial charge in [0.05, 0.1) is 6.04 Å². The van der Waals surface area contributed by atoms with Crippen LogP contribution in [0.3, 0.4) is 0 Å². The Morgan fingerprint density at radius 3 is 2.89 bits per heavy atom. The molecule has 1 N–H and O–H groups in total. The average molecular weight is 358 g/mol. The molecule has 0 aliphatic heterocycles. The standard InChI is InChI=1S/C13H12BrNS3/c1-2-15-13(8-6-16-7-9(8)14)12-5-11-10(18-12)3-4-17-11/h3-7,13,15H,2H2,1H3. The van der Waals surface area contributed by atoms with Gasteiger partial charge in [0.25, 0.3) is 0 Å². The zero-order chi connectivity index (χ0) is 12.5. The molecule has 0 fully saturated rings. The molecule has 0 aliphatic carbocycles.